The quantitative estimate of drug-likeness (QED) is 0.353. The summed E-state index contributed by atoms with van der Waals surface area (Å²) in [7, 11) is 1.70. The van der Waals surface area contributed by atoms with Gasteiger partial charge in [0.25, 0.3) is 0 Å². The first-order valence-electron chi connectivity index (χ1n) is 9.87. The molecule has 142 valence electrons. The Balaban J connectivity index is 1.88. The number of hydrogen-bond acceptors (Lipinski definition) is 1. The Hall–Kier alpha value is -3.58. The van der Waals surface area contributed by atoms with Gasteiger partial charge in [-0.2, -0.15) is 0 Å². The molecule has 0 saturated heterocycles. The fraction of sp³-hybridized carbons (Fsp3) is 0.0714. The van der Waals surface area contributed by atoms with E-state index in [2.05, 4.69) is 109 Å². The summed E-state index contributed by atoms with van der Waals surface area (Å²) in [6.07, 6.45) is 2.38. The second kappa shape index (κ2) is 9.07. The minimum atomic E-state index is 0.137. The summed E-state index contributed by atoms with van der Waals surface area (Å²) in [5.41, 5.74) is 6.17. The molecule has 0 bridgehead atoms. The monoisotopic (exact) mass is 376 g/mol. The molecule has 0 radical (unpaired) electrons. The highest BCUT2D eigenvalue weighted by atomic mass is 16.5. The van der Waals surface area contributed by atoms with Crippen molar-refractivity contribution < 1.29 is 4.74 Å². The maximum absolute atomic E-state index is 5.36. The molecule has 0 spiro atoms. The molecule has 0 fully saturated rings. The number of hydrogen-bond donors (Lipinski definition) is 0. The van der Waals surface area contributed by atoms with Crippen molar-refractivity contribution in [3.8, 4) is 5.75 Å². The molecule has 0 aliphatic carbocycles. The molecule has 0 aromatic heterocycles. The lowest BCUT2D eigenvalue weighted by Crippen LogP contribution is -2.00. The van der Waals surface area contributed by atoms with Crippen molar-refractivity contribution in [2.45, 2.75) is 5.92 Å². The average molecular weight is 376 g/mol. The molecule has 0 aliphatic rings. The fourth-order valence-corrected chi connectivity index (χ4v) is 3.62. The van der Waals surface area contributed by atoms with Gasteiger partial charge in [0.1, 0.15) is 5.75 Å². The summed E-state index contributed by atoms with van der Waals surface area (Å²) in [5.74, 6) is 1.01. The van der Waals surface area contributed by atoms with Crippen LogP contribution in [0.25, 0.3) is 5.57 Å². The van der Waals surface area contributed by atoms with Gasteiger partial charge in [0, 0.05) is 5.92 Å². The average Bonchev–Trinajstić information content (AvgIpc) is 2.82. The Labute approximate surface area is 172 Å². The van der Waals surface area contributed by atoms with Gasteiger partial charge in [-0.3, -0.25) is 0 Å². The molecule has 0 heterocycles. The number of ether oxygens (including phenoxy) is 1. The molecule has 0 N–H and O–H groups in total. The largest absolute Gasteiger partial charge is 0.497 e. The van der Waals surface area contributed by atoms with Crippen LogP contribution in [0.3, 0.4) is 0 Å². The molecule has 4 rings (SSSR count). The topological polar surface area (TPSA) is 9.23 Å². The molecular formula is C28H24O. The van der Waals surface area contributed by atoms with Gasteiger partial charge >= 0.3 is 0 Å². The zero-order chi connectivity index (χ0) is 19.9. The normalized spacial score (nSPS) is 11.5. The summed E-state index contributed by atoms with van der Waals surface area (Å²) < 4.78 is 5.36. The van der Waals surface area contributed by atoms with Gasteiger partial charge in [-0.1, -0.05) is 109 Å². The lowest BCUT2D eigenvalue weighted by Gasteiger charge is -2.18. The Morgan fingerprint density at radius 2 is 1.03 bits per heavy atom. The van der Waals surface area contributed by atoms with E-state index in [-0.39, 0.29) is 5.92 Å². The number of rotatable bonds is 6. The molecule has 4 aromatic carbocycles. The Kier molecular flexibility index (Phi) is 5.87. The van der Waals surface area contributed by atoms with Crippen LogP contribution in [-0.4, -0.2) is 7.11 Å². The van der Waals surface area contributed by atoms with E-state index < -0.39 is 0 Å². The lowest BCUT2D eigenvalue weighted by molar-refractivity contribution is 0.414. The number of allylic oxidation sites excluding steroid dienone is 1. The van der Waals surface area contributed by atoms with Crippen LogP contribution in [0.15, 0.2) is 121 Å². The van der Waals surface area contributed by atoms with Crippen molar-refractivity contribution in [1.29, 1.82) is 0 Å². The van der Waals surface area contributed by atoms with Crippen molar-refractivity contribution in [1.82, 2.24) is 0 Å². The Morgan fingerprint density at radius 3 is 1.52 bits per heavy atom. The zero-order valence-electron chi connectivity index (χ0n) is 16.5. The van der Waals surface area contributed by atoms with E-state index in [9.17, 15) is 0 Å². The number of methoxy groups -OCH3 is 1. The third-order valence-electron chi connectivity index (χ3n) is 5.14. The summed E-state index contributed by atoms with van der Waals surface area (Å²) in [4.78, 5) is 0. The van der Waals surface area contributed by atoms with Gasteiger partial charge in [0.15, 0.2) is 0 Å². The minimum absolute atomic E-state index is 0.137. The molecule has 1 nitrogen and oxygen atoms in total. The fourth-order valence-electron chi connectivity index (χ4n) is 3.62. The first kappa shape index (κ1) is 18.8. The SMILES string of the molecule is COc1ccc(C(C=C(c2ccccc2)c2ccccc2)c2ccccc2)cc1. The van der Waals surface area contributed by atoms with Crippen LogP contribution in [0.1, 0.15) is 28.2 Å². The molecule has 4 aromatic rings. The van der Waals surface area contributed by atoms with Crippen LogP contribution in [0.5, 0.6) is 5.75 Å². The van der Waals surface area contributed by atoms with Crippen LogP contribution in [0, 0.1) is 0 Å². The minimum Gasteiger partial charge on any atom is -0.497 e. The highest BCUT2D eigenvalue weighted by Gasteiger charge is 2.15. The molecule has 29 heavy (non-hydrogen) atoms. The van der Waals surface area contributed by atoms with E-state index >= 15 is 0 Å². The highest BCUT2D eigenvalue weighted by molar-refractivity contribution is 5.80. The van der Waals surface area contributed by atoms with Crippen LogP contribution in [0.4, 0.5) is 0 Å². The summed E-state index contributed by atoms with van der Waals surface area (Å²) in [6.45, 7) is 0. The van der Waals surface area contributed by atoms with Gasteiger partial charge in [0.2, 0.25) is 0 Å². The van der Waals surface area contributed by atoms with Crippen LogP contribution < -0.4 is 4.74 Å². The van der Waals surface area contributed by atoms with Crippen LogP contribution in [-0.2, 0) is 0 Å². The summed E-state index contributed by atoms with van der Waals surface area (Å²) in [6, 6.07) is 40.2. The second-order valence-electron chi connectivity index (χ2n) is 6.97. The molecule has 1 atom stereocenters. The zero-order valence-corrected chi connectivity index (χ0v) is 16.5. The predicted octanol–water partition coefficient (Wildman–Crippen LogP) is 6.96. The number of benzene rings is 4. The van der Waals surface area contributed by atoms with E-state index in [0.29, 0.717) is 0 Å². The standard InChI is InChI=1S/C28H24O/c1-29-26-19-17-25(18-20-26)28(24-15-9-4-10-16-24)21-27(22-11-5-2-6-12-22)23-13-7-3-8-14-23/h2-21,28H,1H3. The first-order chi connectivity index (χ1) is 14.3. The van der Waals surface area contributed by atoms with Gasteiger partial charge in [-0.05, 0) is 40.0 Å². The van der Waals surface area contributed by atoms with Gasteiger partial charge in [0.05, 0.1) is 7.11 Å². The predicted molar refractivity (Wildman–Crippen MR) is 121 cm³/mol. The maximum atomic E-state index is 5.36. The lowest BCUT2D eigenvalue weighted by atomic mass is 9.86. The van der Waals surface area contributed by atoms with Gasteiger partial charge < -0.3 is 4.74 Å². The van der Waals surface area contributed by atoms with Gasteiger partial charge in [-0.25, -0.2) is 0 Å². The molecule has 0 aliphatic heterocycles. The van der Waals surface area contributed by atoms with Crippen molar-refractivity contribution >= 4 is 5.57 Å². The molecular weight excluding hydrogens is 352 g/mol. The molecule has 1 unspecified atom stereocenters. The van der Waals surface area contributed by atoms with Crippen molar-refractivity contribution in [3.63, 3.8) is 0 Å². The second-order valence-corrected chi connectivity index (χ2v) is 6.97. The molecule has 1 heteroatoms. The molecule has 0 saturated carbocycles. The third kappa shape index (κ3) is 4.47. The van der Waals surface area contributed by atoms with Gasteiger partial charge in [-0.15, -0.1) is 0 Å². The van der Waals surface area contributed by atoms with E-state index in [1.54, 1.807) is 7.11 Å². The van der Waals surface area contributed by atoms with E-state index in [0.717, 1.165) is 5.75 Å². The van der Waals surface area contributed by atoms with Crippen molar-refractivity contribution in [2.75, 3.05) is 7.11 Å². The molecule has 0 amide bonds. The Bertz CT molecular complexity index is 1010. The maximum Gasteiger partial charge on any atom is 0.118 e. The van der Waals surface area contributed by atoms with Crippen LogP contribution in [0.2, 0.25) is 0 Å². The summed E-state index contributed by atoms with van der Waals surface area (Å²) in [5, 5.41) is 0. The smallest absolute Gasteiger partial charge is 0.118 e. The van der Waals surface area contributed by atoms with Crippen LogP contribution >= 0.6 is 0 Å². The third-order valence-corrected chi connectivity index (χ3v) is 5.14. The van der Waals surface area contributed by atoms with E-state index in [1.165, 1.54) is 27.8 Å². The van der Waals surface area contributed by atoms with E-state index in [4.69, 9.17) is 4.74 Å². The van der Waals surface area contributed by atoms with Crippen molar-refractivity contribution in [3.05, 3.63) is 144 Å². The first-order valence-corrected chi connectivity index (χ1v) is 9.87. The Morgan fingerprint density at radius 1 is 0.586 bits per heavy atom. The van der Waals surface area contributed by atoms with Crippen molar-refractivity contribution in [2.24, 2.45) is 0 Å². The van der Waals surface area contributed by atoms with E-state index in [1.807, 2.05) is 12.1 Å². The summed E-state index contributed by atoms with van der Waals surface area (Å²) >= 11 is 0. The highest BCUT2D eigenvalue weighted by Crippen LogP contribution is 2.33.